The third-order valence-corrected chi connectivity index (χ3v) is 13.1. The van der Waals surface area contributed by atoms with Gasteiger partial charge in [0.2, 0.25) is 0 Å². The molecule has 1 spiro atoms. The number of fused-ring (bicyclic) bond motifs is 10. The number of anilines is 3. The van der Waals surface area contributed by atoms with Gasteiger partial charge in [0.25, 0.3) is 0 Å². The molecule has 0 amide bonds. The number of hydrogen-bond acceptors (Lipinski definition) is 4. The van der Waals surface area contributed by atoms with Gasteiger partial charge in [-0.05, 0) is 133 Å². The van der Waals surface area contributed by atoms with Crippen molar-refractivity contribution >= 4 is 17.2 Å². The van der Waals surface area contributed by atoms with Crippen LogP contribution in [0.15, 0.2) is 127 Å². The normalized spacial score (nSPS) is 15.0. The van der Waals surface area contributed by atoms with Gasteiger partial charge in [-0.2, -0.15) is 0 Å². The molecule has 0 saturated carbocycles. The van der Waals surface area contributed by atoms with Crippen molar-refractivity contribution in [2.24, 2.45) is 0 Å². The Balaban J connectivity index is 1.35. The van der Waals surface area contributed by atoms with Crippen LogP contribution in [-0.4, -0.2) is 15.1 Å². The van der Waals surface area contributed by atoms with Gasteiger partial charge in [-0.15, -0.1) is 0 Å². The van der Waals surface area contributed by atoms with Crippen molar-refractivity contribution in [3.63, 3.8) is 0 Å². The summed E-state index contributed by atoms with van der Waals surface area (Å²) in [5.74, 6) is 0.880. The molecule has 0 unspecified atom stereocenters. The molecule has 0 fully saturated rings. The molecule has 7 aromatic rings. The standard InChI is InChI=1S/C58H61N3O/c1-35-17-14-21-49(59-35)36-18-15-19-41(29-36)61(42-31-39(56(8,9)10)30-40(32-42)57(11,12)13)51-28-27-46-53(60-51)52-45(20-16-22-50(52)62)58(46)47-33-37(54(2,3)4)23-25-43(47)44-26-24-38(34-48(44)58)55(5,6)7/h14-34,62H,1-13H3/i1D3. The highest BCUT2D eigenvalue weighted by Gasteiger charge is 2.54. The maximum absolute atomic E-state index is 12.1. The van der Waals surface area contributed by atoms with Gasteiger partial charge < -0.3 is 5.11 Å². The molecule has 5 aromatic carbocycles. The topological polar surface area (TPSA) is 49.2 Å². The van der Waals surface area contributed by atoms with Crippen LogP contribution in [0.2, 0.25) is 0 Å². The number of phenolic OH excluding ortho intramolecular Hbond substituents is 1. The van der Waals surface area contributed by atoms with E-state index in [2.05, 4.69) is 178 Å². The van der Waals surface area contributed by atoms with Gasteiger partial charge in [-0.25, -0.2) is 4.98 Å². The molecule has 2 aromatic heterocycles. The molecular weight excluding hydrogens is 755 g/mol. The van der Waals surface area contributed by atoms with Gasteiger partial charge in [0.1, 0.15) is 11.6 Å². The minimum absolute atomic E-state index is 0.0527. The molecular formula is C58H61N3O. The van der Waals surface area contributed by atoms with Gasteiger partial charge in [-0.1, -0.05) is 162 Å². The first-order valence-electron chi connectivity index (χ1n) is 23.5. The van der Waals surface area contributed by atoms with E-state index < -0.39 is 12.3 Å². The quantitative estimate of drug-likeness (QED) is 0.192. The second-order valence-electron chi connectivity index (χ2n) is 21.6. The molecule has 0 atom stereocenters. The zero-order chi connectivity index (χ0) is 46.8. The van der Waals surface area contributed by atoms with Crippen LogP contribution in [0.1, 0.15) is 137 Å². The van der Waals surface area contributed by atoms with E-state index in [4.69, 9.17) is 9.10 Å². The van der Waals surface area contributed by atoms with E-state index in [0.29, 0.717) is 11.5 Å². The first kappa shape index (κ1) is 37.7. The van der Waals surface area contributed by atoms with Crippen LogP contribution < -0.4 is 4.90 Å². The van der Waals surface area contributed by atoms with Crippen molar-refractivity contribution in [1.82, 2.24) is 9.97 Å². The van der Waals surface area contributed by atoms with Crippen molar-refractivity contribution in [2.75, 3.05) is 4.90 Å². The summed E-state index contributed by atoms with van der Waals surface area (Å²) in [6.45, 7) is 24.7. The minimum atomic E-state index is -2.34. The number of phenols is 1. The van der Waals surface area contributed by atoms with Gasteiger partial charge in [-0.3, -0.25) is 9.88 Å². The SMILES string of the molecule is [2H]C([2H])([2H])c1cccc(-c2cccc(N(c3cc(C(C)(C)C)cc(C(C)(C)C)c3)c3ccc4c(n3)-c3c(O)cccc3C43c4cc(C(C)(C)C)ccc4-c4ccc(C(C)(C)C)cc43)c2)n1. The number of rotatable bonds is 4. The van der Waals surface area contributed by atoms with Gasteiger partial charge in [0.15, 0.2) is 0 Å². The highest BCUT2D eigenvalue weighted by Crippen LogP contribution is 2.64. The van der Waals surface area contributed by atoms with Crippen molar-refractivity contribution < 1.29 is 9.22 Å². The Kier molecular flexibility index (Phi) is 8.53. The van der Waals surface area contributed by atoms with Crippen LogP contribution in [0.5, 0.6) is 5.75 Å². The molecule has 0 saturated heterocycles. The second kappa shape index (κ2) is 14.0. The average molecular weight is 819 g/mol. The summed E-state index contributed by atoms with van der Waals surface area (Å²) in [5.41, 5.74) is 15.2. The van der Waals surface area contributed by atoms with E-state index in [0.717, 1.165) is 39.3 Å². The smallest absolute Gasteiger partial charge is 0.138 e. The predicted octanol–water partition coefficient (Wildman–Crippen LogP) is 15.2. The number of nitrogens with zero attached hydrogens (tertiary/aromatic N) is 3. The Morgan fingerprint density at radius 1 is 0.500 bits per heavy atom. The van der Waals surface area contributed by atoms with Crippen molar-refractivity contribution in [1.29, 1.82) is 0 Å². The summed E-state index contributed by atoms with van der Waals surface area (Å²) in [4.78, 5) is 12.6. The summed E-state index contributed by atoms with van der Waals surface area (Å²) in [6.07, 6.45) is 0. The number of benzene rings is 5. The Labute approximate surface area is 374 Å². The fraction of sp³-hybridized carbons (Fsp3) is 0.310. The van der Waals surface area contributed by atoms with Crippen LogP contribution in [0.3, 0.4) is 0 Å². The lowest BCUT2D eigenvalue weighted by molar-refractivity contribution is 0.476. The summed E-state index contributed by atoms with van der Waals surface area (Å²) < 4.78 is 24.3. The Morgan fingerprint density at radius 3 is 1.66 bits per heavy atom. The van der Waals surface area contributed by atoms with E-state index in [1.165, 1.54) is 44.5 Å². The fourth-order valence-corrected chi connectivity index (χ4v) is 9.57. The highest BCUT2D eigenvalue weighted by atomic mass is 16.3. The van der Waals surface area contributed by atoms with Crippen molar-refractivity contribution in [2.45, 2.75) is 117 Å². The molecule has 0 aliphatic heterocycles. The van der Waals surface area contributed by atoms with Crippen LogP contribution in [0.25, 0.3) is 33.6 Å². The molecule has 0 radical (unpaired) electrons. The molecule has 62 heavy (non-hydrogen) atoms. The second-order valence-corrected chi connectivity index (χ2v) is 21.6. The van der Waals surface area contributed by atoms with Crippen molar-refractivity contribution in [3.8, 4) is 39.4 Å². The highest BCUT2D eigenvalue weighted by molar-refractivity contribution is 5.96. The van der Waals surface area contributed by atoms with E-state index in [9.17, 15) is 5.11 Å². The van der Waals surface area contributed by atoms with Crippen LogP contribution in [-0.2, 0) is 27.1 Å². The van der Waals surface area contributed by atoms with Gasteiger partial charge in [0.05, 0.1) is 16.8 Å². The number of aryl methyl sites for hydroxylation is 1. The lowest BCUT2D eigenvalue weighted by Crippen LogP contribution is -2.27. The fourth-order valence-electron chi connectivity index (χ4n) is 9.57. The zero-order valence-electron chi connectivity index (χ0n) is 41.4. The predicted molar refractivity (Wildman–Crippen MR) is 260 cm³/mol. The van der Waals surface area contributed by atoms with Crippen LogP contribution >= 0.6 is 0 Å². The molecule has 0 bridgehead atoms. The molecule has 1 N–H and O–H groups in total. The maximum atomic E-state index is 12.1. The number of aromatic nitrogens is 2. The molecule has 9 rings (SSSR count). The lowest BCUT2D eigenvalue weighted by atomic mass is 9.69. The van der Waals surface area contributed by atoms with E-state index in [-0.39, 0.29) is 33.1 Å². The average Bonchev–Trinajstić information content (AvgIpc) is 3.69. The molecule has 2 aliphatic carbocycles. The first-order chi connectivity index (χ1) is 30.3. The summed E-state index contributed by atoms with van der Waals surface area (Å²) >= 11 is 0. The van der Waals surface area contributed by atoms with Crippen LogP contribution in [0.4, 0.5) is 17.2 Å². The Hall–Kier alpha value is -6.00. The Bertz CT molecular complexity index is 2950. The third-order valence-electron chi connectivity index (χ3n) is 13.1. The number of pyridine rings is 2. The third kappa shape index (κ3) is 6.65. The summed E-state index contributed by atoms with van der Waals surface area (Å²) in [6, 6.07) is 44.4. The monoisotopic (exact) mass is 819 g/mol. The summed E-state index contributed by atoms with van der Waals surface area (Å²) in [5, 5.41) is 12.1. The van der Waals surface area contributed by atoms with Gasteiger partial charge in [0, 0.05) is 32.3 Å². The maximum Gasteiger partial charge on any atom is 0.138 e. The number of hydrogen-bond donors (Lipinski definition) is 1. The molecule has 2 aliphatic rings. The largest absolute Gasteiger partial charge is 0.507 e. The molecule has 4 nitrogen and oxygen atoms in total. The van der Waals surface area contributed by atoms with E-state index in [1.54, 1.807) is 18.2 Å². The Morgan fingerprint density at radius 2 is 1.08 bits per heavy atom. The molecule has 314 valence electrons. The van der Waals surface area contributed by atoms with Crippen molar-refractivity contribution in [3.05, 3.63) is 178 Å². The first-order valence-corrected chi connectivity index (χ1v) is 22.0. The minimum Gasteiger partial charge on any atom is -0.507 e. The molecule has 2 heterocycles. The van der Waals surface area contributed by atoms with Crippen LogP contribution in [0, 0.1) is 6.85 Å². The van der Waals surface area contributed by atoms with Gasteiger partial charge >= 0.3 is 0 Å². The van der Waals surface area contributed by atoms with E-state index >= 15 is 0 Å². The zero-order valence-corrected chi connectivity index (χ0v) is 38.4. The lowest BCUT2D eigenvalue weighted by Gasteiger charge is -2.33. The molecule has 4 heteroatoms. The number of aromatic hydroxyl groups is 1. The summed E-state index contributed by atoms with van der Waals surface area (Å²) in [7, 11) is 0. The van der Waals surface area contributed by atoms with E-state index in [1.807, 2.05) is 24.3 Å².